The topological polar surface area (TPSA) is 53.4 Å². The second-order valence-corrected chi connectivity index (χ2v) is 9.23. The number of rotatable bonds is 4. The van der Waals surface area contributed by atoms with E-state index in [1.165, 1.54) is 24.8 Å². The monoisotopic (exact) mass is 484 g/mol. The van der Waals surface area contributed by atoms with Crippen LogP contribution in [0.25, 0.3) is 43.5 Å². The van der Waals surface area contributed by atoms with E-state index in [0.717, 1.165) is 50.0 Å². The highest BCUT2D eigenvalue weighted by Gasteiger charge is 2.24. The van der Waals surface area contributed by atoms with Gasteiger partial charge in [-0.3, -0.25) is 0 Å². The number of hydrogen-bond donors (Lipinski definition) is 0. The first kappa shape index (κ1) is 21.7. The molecule has 35 heavy (non-hydrogen) atoms. The van der Waals surface area contributed by atoms with Crippen molar-refractivity contribution >= 4 is 44.0 Å². The fraction of sp³-hybridized carbons (Fsp3) is 0.143. The van der Waals surface area contributed by atoms with Gasteiger partial charge < -0.3 is 14.0 Å². The van der Waals surface area contributed by atoms with E-state index in [1.807, 2.05) is 17.6 Å². The maximum absolute atomic E-state index is 13.9. The summed E-state index contributed by atoms with van der Waals surface area (Å²) in [5, 5.41) is 1.07. The van der Waals surface area contributed by atoms with Gasteiger partial charge in [0.25, 0.3) is 0 Å². The Balaban J connectivity index is 1.71. The lowest BCUT2D eigenvalue weighted by Gasteiger charge is -2.19. The van der Waals surface area contributed by atoms with Crippen molar-refractivity contribution < 1.29 is 18.7 Å². The molecule has 0 bridgehead atoms. The van der Waals surface area contributed by atoms with Gasteiger partial charge in [-0.25, -0.2) is 14.2 Å². The van der Waals surface area contributed by atoms with E-state index in [4.69, 9.17) is 9.47 Å². The second kappa shape index (κ2) is 8.76. The van der Waals surface area contributed by atoms with Gasteiger partial charge in [0.2, 0.25) is 0 Å². The van der Waals surface area contributed by atoms with Crippen molar-refractivity contribution in [2.45, 2.75) is 6.42 Å². The van der Waals surface area contributed by atoms with Crippen LogP contribution in [-0.4, -0.2) is 35.8 Å². The lowest BCUT2D eigenvalue weighted by Crippen LogP contribution is -2.08. The van der Waals surface area contributed by atoms with Crippen LogP contribution in [0.3, 0.4) is 0 Å². The van der Waals surface area contributed by atoms with Gasteiger partial charge in [0.05, 0.1) is 52.8 Å². The number of benzene rings is 3. The third-order valence-corrected chi connectivity index (χ3v) is 7.16. The number of aromatic nitrogens is 2. The van der Waals surface area contributed by atoms with E-state index in [0.29, 0.717) is 18.8 Å². The summed E-state index contributed by atoms with van der Waals surface area (Å²) in [4.78, 5) is 16.6. The molecule has 0 saturated carbocycles. The van der Waals surface area contributed by atoms with E-state index >= 15 is 0 Å². The van der Waals surface area contributed by atoms with Gasteiger partial charge in [0, 0.05) is 16.6 Å². The quantitative estimate of drug-likeness (QED) is 0.269. The van der Waals surface area contributed by atoms with E-state index in [1.54, 1.807) is 35.6 Å². The Morgan fingerprint density at radius 3 is 2.63 bits per heavy atom. The summed E-state index contributed by atoms with van der Waals surface area (Å²) in [6.07, 6.45) is 2.88. The van der Waals surface area contributed by atoms with E-state index < -0.39 is 0 Å². The number of carbonyl (C=O) groups excluding carboxylic acids is 1. The molecule has 0 N–H and O–H groups in total. The standard InChI is InChI=1S/C28H21FN2O3S/c1-33-28(32)19-4-2-17(3-5-19)26-22-14-25-23(30-16-35-25)15-24(22)31(21-8-6-20(29)7-9-21)27(26)18-10-12-34-13-11-18/h2-10,14-16H,11-13H2,1H3. The molecule has 1 aliphatic heterocycles. The van der Waals surface area contributed by atoms with Crippen LogP contribution < -0.4 is 0 Å². The van der Waals surface area contributed by atoms with Crippen molar-refractivity contribution in [2.75, 3.05) is 20.3 Å². The van der Waals surface area contributed by atoms with Crippen LogP contribution in [0.15, 0.2) is 72.3 Å². The average Bonchev–Trinajstić information content (AvgIpc) is 3.50. The minimum atomic E-state index is -0.371. The molecule has 0 spiro atoms. The van der Waals surface area contributed by atoms with Crippen LogP contribution in [0.5, 0.6) is 0 Å². The van der Waals surface area contributed by atoms with E-state index in [2.05, 4.69) is 27.8 Å². The van der Waals surface area contributed by atoms with Gasteiger partial charge in [-0.1, -0.05) is 18.2 Å². The Hall–Kier alpha value is -3.81. The number of hydrogen-bond acceptors (Lipinski definition) is 5. The molecule has 5 aromatic rings. The molecular formula is C28H21FN2O3S. The Labute approximate surface area is 205 Å². The lowest BCUT2D eigenvalue weighted by molar-refractivity contribution is 0.0600. The molecule has 1 aliphatic rings. The van der Waals surface area contributed by atoms with Crippen molar-refractivity contribution in [3.8, 4) is 16.8 Å². The minimum Gasteiger partial charge on any atom is -0.465 e. The maximum Gasteiger partial charge on any atom is 0.337 e. The summed E-state index contributed by atoms with van der Waals surface area (Å²) in [6.45, 7) is 1.17. The first-order valence-electron chi connectivity index (χ1n) is 11.3. The second-order valence-electron chi connectivity index (χ2n) is 8.35. The van der Waals surface area contributed by atoms with Crippen molar-refractivity contribution in [1.29, 1.82) is 0 Å². The zero-order chi connectivity index (χ0) is 23.9. The number of methoxy groups -OCH3 is 1. The molecule has 6 rings (SSSR count). The predicted octanol–water partition coefficient (Wildman–Crippen LogP) is 6.64. The zero-order valence-electron chi connectivity index (χ0n) is 19.0. The number of thiazole rings is 1. The summed E-state index contributed by atoms with van der Waals surface area (Å²) in [6, 6.07) is 18.3. The fourth-order valence-electron chi connectivity index (χ4n) is 4.73. The highest BCUT2D eigenvalue weighted by atomic mass is 32.1. The molecule has 5 nitrogen and oxygen atoms in total. The summed E-state index contributed by atoms with van der Waals surface area (Å²) < 4.78 is 27.6. The molecule has 3 aromatic carbocycles. The van der Waals surface area contributed by atoms with Crippen LogP contribution in [0.2, 0.25) is 0 Å². The summed E-state index contributed by atoms with van der Waals surface area (Å²) in [5.41, 5.74) is 9.37. The highest BCUT2D eigenvalue weighted by Crippen LogP contribution is 2.43. The Kier molecular flexibility index (Phi) is 5.43. The van der Waals surface area contributed by atoms with Crippen LogP contribution in [0.4, 0.5) is 4.39 Å². The average molecular weight is 485 g/mol. The third kappa shape index (κ3) is 3.73. The molecule has 0 fully saturated rings. The maximum atomic E-state index is 13.9. The number of fused-ring (bicyclic) bond motifs is 2. The predicted molar refractivity (Wildman–Crippen MR) is 137 cm³/mol. The van der Waals surface area contributed by atoms with E-state index in [-0.39, 0.29) is 11.8 Å². The smallest absolute Gasteiger partial charge is 0.337 e. The third-order valence-electron chi connectivity index (χ3n) is 6.37. The Bertz CT molecular complexity index is 1600. The van der Waals surface area contributed by atoms with Gasteiger partial charge >= 0.3 is 5.97 Å². The largest absolute Gasteiger partial charge is 0.465 e. The van der Waals surface area contributed by atoms with Crippen LogP contribution in [-0.2, 0) is 9.47 Å². The molecule has 0 aliphatic carbocycles. The van der Waals surface area contributed by atoms with Crippen molar-refractivity contribution in [3.05, 3.63) is 89.3 Å². The first-order chi connectivity index (χ1) is 17.1. The molecule has 174 valence electrons. The molecular weight excluding hydrogens is 463 g/mol. The molecule has 0 amide bonds. The van der Waals surface area contributed by atoms with Crippen LogP contribution in [0, 0.1) is 5.82 Å². The molecule has 0 unspecified atom stereocenters. The van der Waals surface area contributed by atoms with Gasteiger partial charge in [0.15, 0.2) is 0 Å². The molecule has 3 heterocycles. The normalized spacial score (nSPS) is 13.8. The van der Waals surface area contributed by atoms with Crippen LogP contribution >= 0.6 is 11.3 Å². The number of nitrogens with zero attached hydrogens (tertiary/aromatic N) is 2. The van der Waals surface area contributed by atoms with Gasteiger partial charge in [-0.2, -0.15) is 0 Å². The summed E-state index contributed by atoms with van der Waals surface area (Å²) in [5.74, 6) is -0.651. The zero-order valence-corrected chi connectivity index (χ0v) is 19.8. The fourth-order valence-corrected chi connectivity index (χ4v) is 5.42. The van der Waals surface area contributed by atoms with Crippen molar-refractivity contribution in [3.63, 3.8) is 0 Å². The van der Waals surface area contributed by atoms with Gasteiger partial charge in [0.1, 0.15) is 5.82 Å². The molecule has 0 radical (unpaired) electrons. The van der Waals surface area contributed by atoms with Crippen molar-refractivity contribution in [2.24, 2.45) is 0 Å². The molecule has 0 atom stereocenters. The molecule has 7 heteroatoms. The summed E-state index contributed by atoms with van der Waals surface area (Å²) >= 11 is 1.60. The number of carbonyl (C=O) groups is 1. The first-order valence-corrected chi connectivity index (χ1v) is 12.2. The van der Waals surface area contributed by atoms with Crippen LogP contribution in [0.1, 0.15) is 22.5 Å². The Morgan fingerprint density at radius 1 is 1.11 bits per heavy atom. The SMILES string of the molecule is COC(=O)c1ccc(-c2c(C3=CCOCC3)n(-c3ccc(F)cc3)c3cc4ncsc4cc23)cc1. The minimum absolute atomic E-state index is 0.280. The molecule has 2 aromatic heterocycles. The number of halogens is 1. The number of esters is 1. The number of ether oxygens (including phenoxy) is 2. The lowest BCUT2D eigenvalue weighted by atomic mass is 9.95. The van der Waals surface area contributed by atoms with E-state index in [9.17, 15) is 9.18 Å². The molecule has 0 saturated heterocycles. The van der Waals surface area contributed by atoms with Crippen molar-refractivity contribution in [1.82, 2.24) is 9.55 Å². The highest BCUT2D eigenvalue weighted by molar-refractivity contribution is 7.16. The summed E-state index contributed by atoms with van der Waals surface area (Å²) in [7, 11) is 1.38. The Morgan fingerprint density at radius 2 is 1.91 bits per heavy atom. The van der Waals surface area contributed by atoms with Gasteiger partial charge in [-0.15, -0.1) is 11.3 Å². The van der Waals surface area contributed by atoms with Gasteiger partial charge in [-0.05, 0) is 66.1 Å².